The van der Waals surface area contributed by atoms with Crippen molar-refractivity contribution >= 4 is 29.0 Å². The van der Waals surface area contributed by atoms with Gasteiger partial charge in [0, 0.05) is 31.9 Å². The molecule has 7 nitrogen and oxygen atoms in total. The monoisotopic (exact) mass is 376 g/mol. The van der Waals surface area contributed by atoms with Gasteiger partial charge in [-0.05, 0) is 42.7 Å². The molecule has 7 heteroatoms. The van der Waals surface area contributed by atoms with Gasteiger partial charge in [-0.15, -0.1) is 0 Å². The quantitative estimate of drug-likeness (QED) is 0.342. The third-order valence-electron chi connectivity index (χ3n) is 4.76. The number of carbonyl (C=O) groups excluding carboxylic acids is 1. The number of nitro benzene ring substituents is 1. The Morgan fingerprint density at radius 3 is 2.50 bits per heavy atom. The van der Waals surface area contributed by atoms with Crippen LogP contribution in [0, 0.1) is 21.4 Å². The second kappa shape index (κ2) is 8.35. The number of nitriles is 1. The highest BCUT2D eigenvalue weighted by Gasteiger charge is 2.23. The SMILES string of the molecule is CN(c1ccccc1)c1ccc(/C=C(\C#N)C(=O)N2CCCC2)cc1[N+](=O)[O-]. The summed E-state index contributed by atoms with van der Waals surface area (Å²) in [6.45, 7) is 1.28. The van der Waals surface area contributed by atoms with Crippen molar-refractivity contribution < 1.29 is 9.72 Å². The van der Waals surface area contributed by atoms with Crippen molar-refractivity contribution in [2.45, 2.75) is 12.8 Å². The molecule has 1 heterocycles. The Bertz CT molecular complexity index is 957. The summed E-state index contributed by atoms with van der Waals surface area (Å²) in [4.78, 5) is 27.0. The third kappa shape index (κ3) is 4.01. The number of likely N-dealkylation sites (tertiary alicyclic amines) is 1. The number of hydrogen-bond acceptors (Lipinski definition) is 5. The molecule has 1 saturated heterocycles. The van der Waals surface area contributed by atoms with Gasteiger partial charge in [-0.25, -0.2) is 0 Å². The molecule has 3 rings (SSSR count). The maximum absolute atomic E-state index is 12.5. The molecule has 0 aromatic heterocycles. The van der Waals surface area contributed by atoms with Gasteiger partial charge in [-0.3, -0.25) is 14.9 Å². The van der Waals surface area contributed by atoms with E-state index in [2.05, 4.69) is 0 Å². The summed E-state index contributed by atoms with van der Waals surface area (Å²) < 4.78 is 0. The molecular weight excluding hydrogens is 356 g/mol. The summed E-state index contributed by atoms with van der Waals surface area (Å²) in [5.74, 6) is -0.326. The molecule has 0 bridgehead atoms. The summed E-state index contributed by atoms with van der Waals surface area (Å²) in [5, 5.41) is 21.0. The van der Waals surface area contributed by atoms with E-state index in [4.69, 9.17) is 0 Å². The topological polar surface area (TPSA) is 90.5 Å². The Hall–Kier alpha value is -3.66. The molecule has 1 aliphatic heterocycles. The van der Waals surface area contributed by atoms with Crippen LogP contribution in [-0.4, -0.2) is 35.9 Å². The summed E-state index contributed by atoms with van der Waals surface area (Å²) in [7, 11) is 1.75. The average molecular weight is 376 g/mol. The molecule has 0 spiro atoms. The predicted molar refractivity (Wildman–Crippen MR) is 107 cm³/mol. The van der Waals surface area contributed by atoms with E-state index < -0.39 is 4.92 Å². The molecule has 2 aromatic carbocycles. The minimum absolute atomic E-state index is 0.0136. The van der Waals surface area contributed by atoms with Gasteiger partial charge < -0.3 is 9.80 Å². The summed E-state index contributed by atoms with van der Waals surface area (Å²) in [6, 6.07) is 15.9. The van der Waals surface area contributed by atoms with E-state index in [9.17, 15) is 20.2 Å². The zero-order valence-electron chi connectivity index (χ0n) is 15.5. The van der Waals surface area contributed by atoms with Crippen molar-refractivity contribution in [2.75, 3.05) is 25.0 Å². The lowest BCUT2D eigenvalue weighted by Gasteiger charge is -2.19. The Morgan fingerprint density at radius 2 is 1.89 bits per heavy atom. The highest BCUT2D eigenvalue weighted by atomic mass is 16.6. The Labute approximate surface area is 163 Å². The number of amides is 1. The number of nitro groups is 1. The van der Waals surface area contributed by atoms with E-state index in [-0.39, 0.29) is 17.2 Å². The number of para-hydroxylation sites is 1. The lowest BCUT2D eigenvalue weighted by molar-refractivity contribution is -0.384. The largest absolute Gasteiger partial charge is 0.339 e. The van der Waals surface area contributed by atoms with Crippen LogP contribution in [-0.2, 0) is 4.79 Å². The summed E-state index contributed by atoms with van der Waals surface area (Å²) >= 11 is 0. The second-order valence-electron chi connectivity index (χ2n) is 6.57. The summed E-state index contributed by atoms with van der Waals surface area (Å²) in [6.07, 6.45) is 3.27. The molecule has 1 amide bonds. The highest BCUT2D eigenvalue weighted by molar-refractivity contribution is 6.02. The predicted octanol–water partition coefficient (Wildman–Crippen LogP) is 3.89. The zero-order chi connectivity index (χ0) is 20.1. The number of hydrogen-bond donors (Lipinski definition) is 0. The first-order valence-corrected chi connectivity index (χ1v) is 8.99. The molecule has 2 aromatic rings. The van der Waals surface area contributed by atoms with E-state index >= 15 is 0 Å². The third-order valence-corrected chi connectivity index (χ3v) is 4.76. The van der Waals surface area contributed by atoms with Crippen LogP contribution in [0.2, 0.25) is 0 Å². The lowest BCUT2D eigenvalue weighted by Crippen LogP contribution is -2.28. The van der Waals surface area contributed by atoms with Crippen LogP contribution in [0.5, 0.6) is 0 Å². The fourth-order valence-electron chi connectivity index (χ4n) is 3.25. The van der Waals surface area contributed by atoms with Gasteiger partial charge in [0.15, 0.2) is 0 Å². The molecule has 0 N–H and O–H groups in total. The van der Waals surface area contributed by atoms with Crippen LogP contribution in [0.15, 0.2) is 54.1 Å². The minimum atomic E-state index is -0.458. The fraction of sp³-hybridized carbons (Fsp3) is 0.238. The molecule has 1 aliphatic rings. The number of benzene rings is 2. The first kappa shape index (κ1) is 19.1. The normalized spacial score (nSPS) is 13.9. The molecule has 0 unspecified atom stereocenters. The van der Waals surface area contributed by atoms with Gasteiger partial charge in [0.2, 0.25) is 0 Å². The molecule has 28 heavy (non-hydrogen) atoms. The first-order valence-electron chi connectivity index (χ1n) is 8.99. The number of rotatable bonds is 5. The van der Waals surface area contributed by atoms with E-state index in [1.165, 1.54) is 12.1 Å². The van der Waals surface area contributed by atoms with Crippen LogP contribution in [0.4, 0.5) is 17.1 Å². The second-order valence-corrected chi connectivity index (χ2v) is 6.57. The Morgan fingerprint density at radius 1 is 1.21 bits per heavy atom. The van der Waals surface area contributed by atoms with Crippen molar-refractivity contribution in [3.8, 4) is 6.07 Å². The van der Waals surface area contributed by atoms with Crippen LogP contribution in [0.3, 0.4) is 0 Å². The number of nitrogens with zero attached hydrogens (tertiary/aromatic N) is 4. The van der Waals surface area contributed by atoms with E-state index in [1.807, 2.05) is 36.4 Å². The maximum Gasteiger partial charge on any atom is 0.293 e. The van der Waals surface area contributed by atoms with Gasteiger partial charge in [-0.2, -0.15) is 5.26 Å². The maximum atomic E-state index is 12.5. The van der Waals surface area contributed by atoms with E-state index in [0.717, 1.165) is 18.5 Å². The molecule has 0 aliphatic carbocycles. The van der Waals surface area contributed by atoms with Gasteiger partial charge in [0.05, 0.1) is 4.92 Å². The summed E-state index contributed by atoms with van der Waals surface area (Å²) in [5.41, 5.74) is 1.58. The molecule has 0 atom stereocenters. The lowest BCUT2D eigenvalue weighted by atomic mass is 10.1. The molecular formula is C21H20N4O3. The van der Waals surface area contributed by atoms with Crippen LogP contribution in [0.1, 0.15) is 18.4 Å². The number of carbonyl (C=O) groups is 1. The highest BCUT2D eigenvalue weighted by Crippen LogP contribution is 2.33. The van der Waals surface area contributed by atoms with Crippen molar-refractivity contribution in [1.82, 2.24) is 4.90 Å². The van der Waals surface area contributed by atoms with Gasteiger partial charge >= 0.3 is 0 Å². The van der Waals surface area contributed by atoms with Gasteiger partial charge in [0.1, 0.15) is 17.3 Å². The average Bonchev–Trinajstić information content (AvgIpc) is 3.26. The zero-order valence-corrected chi connectivity index (χ0v) is 15.5. The van der Waals surface area contributed by atoms with Crippen LogP contribution < -0.4 is 4.90 Å². The van der Waals surface area contributed by atoms with Crippen molar-refractivity contribution in [2.24, 2.45) is 0 Å². The van der Waals surface area contributed by atoms with Crippen molar-refractivity contribution in [1.29, 1.82) is 5.26 Å². The minimum Gasteiger partial charge on any atom is -0.339 e. The van der Waals surface area contributed by atoms with Gasteiger partial charge in [0.25, 0.3) is 11.6 Å². The Kier molecular flexibility index (Phi) is 5.70. The van der Waals surface area contributed by atoms with Crippen LogP contribution in [0.25, 0.3) is 6.08 Å². The Balaban J connectivity index is 1.95. The molecule has 1 fully saturated rings. The van der Waals surface area contributed by atoms with Crippen molar-refractivity contribution in [3.05, 3.63) is 69.8 Å². The van der Waals surface area contributed by atoms with Gasteiger partial charge in [-0.1, -0.05) is 24.3 Å². The fourth-order valence-corrected chi connectivity index (χ4v) is 3.25. The molecule has 142 valence electrons. The first-order chi connectivity index (χ1) is 13.5. The number of anilines is 2. The molecule has 0 radical (unpaired) electrons. The standard InChI is InChI=1S/C21H20N4O3/c1-23(18-7-3-2-4-8-18)19-10-9-16(14-20(19)25(27)28)13-17(15-22)21(26)24-11-5-6-12-24/h2-4,7-10,13-14H,5-6,11-12H2,1H3/b17-13+. The molecule has 0 saturated carbocycles. The van der Waals surface area contributed by atoms with Crippen molar-refractivity contribution in [3.63, 3.8) is 0 Å². The van der Waals surface area contributed by atoms with E-state index in [1.54, 1.807) is 29.0 Å². The van der Waals surface area contributed by atoms with E-state index in [0.29, 0.717) is 24.3 Å². The van der Waals surface area contributed by atoms with Crippen LogP contribution >= 0.6 is 0 Å². The smallest absolute Gasteiger partial charge is 0.293 e.